The summed E-state index contributed by atoms with van der Waals surface area (Å²) in [7, 11) is 0. The average molecular weight is 306 g/mol. The van der Waals surface area contributed by atoms with Crippen LogP contribution in [0.2, 0.25) is 0 Å². The first-order valence-electron chi connectivity index (χ1n) is 7.17. The molecule has 0 spiro atoms. The largest absolute Gasteiger partial charge is 0.508 e. The number of fused-ring (bicyclic) bond motifs is 1. The molecule has 1 aliphatic heterocycles. The van der Waals surface area contributed by atoms with Crippen molar-refractivity contribution in [2.24, 2.45) is 5.92 Å². The number of hydrogen-bond donors (Lipinski definition) is 3. The molecule has 6 heteroatoms. The molecule has 2 aliphatic rings. The van der Waals surface area contributed by atoms with Crippen molar-refractivity contribution in [3.8, 4) is 5.75 Å². The molecule has 3 atom stereocenters. The number of esters is 1. The summed E-state index contributed by atoms with van der Waals surface area (Å²) in [5.41, 5.74) is -0.0487. The van der Waals surface area contributed by atoms with E-state index in [0.717, 1.165) is 0 Å². The van der Waals surface area contributed by atoms with Crippen molar-refractivity contribution in [2.45, 2.75) is 18.1 Å². The number of aromatic hydroxyl groups is 1. The van der Waals surface area contributed by atoms with Crippen molar-refractivity contribution in [1.29, 1.82) is 0 Å². The molecule has 6 nitrogen and oxygen atoms in total. The molecule has 1 heterocycles. The molecule has 1 saturated heterocycles. The molecule has 0 radical (unpaired) electrons. The zero-order chi connectivity index (χ0) is 15.7. The van der Waals surface area contributed by atoms with Crippen LogP contribution in [0.15, 0.2) is 35.9 Å². The molecule has 1 fully saturated rings. The predicted molar refractivity (Wildman–Crippen MR) is 76.4 cm³/mol. The number of ether oxygens (including phenoxy) is 2. The van der Waals surface area contributed by atoms with Crippen LogP contribution in [-0.4, -0.2) is 52.8 Å². The molecule has 1 aromatic carbocycles. The van der Waals surface area contributed by atoms with Crippen LogP contribution in [-0.2, 0) is 9.47 Å². The lowest BCUT2D eigenvalue weighted by atomic mass is 9.86. The van der Waals surface area contributed by atoms with E-state index in [4.69, 9.17) is 9.47 Å². The van der Waals surface area contributed by atoms with E-state index in [9.17, 15) is 20.1 Å². The summed E-state index contributed by atoms with van der Waals surface area (Å²) in [6, 6.07) is 5.79. The number of carbonyl (C=O) groups excluding carboxylic acids is 1. The van der Waals surface area contributed by atoms with Gasteiger partial charge >= 0.3 is 5.97 Å². The van der Waals surface area contributed by atoms with Crippen molar-refractivity contribution >= 4 is 5.97 Å². The van der Waals surface area contributed by atoms with E-state index in [0.29, 0.717) is 24.2 Å². The van der Waals surface area contributed by atoms with Crippen molar-refractivity contribution in [3.63, 3.8) is 0 Å². The lowest BCUT2D eigenvalue weighted by molar-refractivity contribution is -0.0504. The predicted octanol–water partition coefficient (Wildman–Crippen LogP) is 0.617. The fraction of sp³-hybridized carbons (Fsp3) is 0.438. The standard InChI is InChI=1S/C16H18O6/c17-8-11-7-14(13-5-6-21-16(11,13)9-18)22-15(20)10-1-3-12(19)4-2-10/h1-4,7,13-14,17-19H,5-6,8-9H2/t13-,14+,16+/m0/s1. The van der Waals surface area contributed by atoms with Crippen molar-refractivity contribution < 1.29 is 29.6 Å². The van der Waals surface area contributed by atoms with E-state index >= 15 is 0 Å². The summed E-state index contributed by atoms with van der Waals surface area (Å²) in [6.07, 6.45) is 1.77. The number of phenolic OH excluding ortho intramolecular Hbond substituents is 1. The number of aliphatic hydroxyl groups excluding tert-OH is 2. The molecular formula is C16H18O6. The van der Waals surface area contributed by atoms with E-state index in [1.807, 2.05) is 0 Å². The van der Waals surface area contributed by atoms with Crippen LogP contribution >= 0.6 is 0 Å². The van der Waals surface area contributed by atoms with Crippen LogP contribution in [0.5, 0.6) is 5.75 Å². The third-order valence-corrected chi connectivity index (χ3v) is 4.44. The van der Waals surface area contributed by atoms with Gasteiger partial charge in [-0.1, -0.05) is 0 Å². The third-order valence-electron chi connectivity index (χ3n) is 4.44. The Morgan fingerprint density at radius 2 is 2.05 bits per heavy atom. The molecule has 0 saturated carbocycles. The summed E-state index contributed by atoms with van der Waals surface area (Å²) in [5, 5.41) is 28.4. The molecule has 0 bridgehead atoms. The van der Waals surface area contributed by atoms with Gasteiger partial charge in [0.2, 0.25) is 0 Å². The van der Waals surface area contributed by atoms with Crippen LogP contribution in [0.1, 0.15) is 16.8 Å². The minimum atomic E-state index is -0.936. The number of aliphatic hydroxyl groups is 2. The Morgan fingerprint density at radius 3 is 2.68 bits per heavy atom. The SMILES string of the molecule is O=C(O[C@@H]1C=C(CO)[C@@]2(CO)OCC[C@@H]12)c1ccc(O)cc1. The highest BCUT2D eigenvalue weighted by molar-refractivity contribution is 5.89. The van der Waals surface area contributed by atoms with Gasteiger partial charge in [0.15, 0.2) is 0 Å². The van der Waals surface area contributed by atoms with Crippen LogP contribution in [0.4, 0.5) is 0 Å². The zero-order valence-electron chi connectivity index (χ0n) is 11.9. The maximum Gasteiger partial charge on any atom is 0.338 e. The van der Waals surface area contributed by atoms with E-state index in [1.165, 1.54) is 24.3 Å². The van der Waals surface area contributed by atoms with Gasteiger partial charge in [-0.3, -0.25) is 0 Å². The van der Waals surface area contributed by atoms with Gasteiger partial charge in [-0.15, -0.1) is 0 Å². The summed E-state index contributed by atoms with van der Waals surface area (Å²) in [6.45, 7) is -0.0442. The molecule has 0 unspecified atom stereocenters. The van der Waals surface area contributed by atoms with E-state index < -0.39 is 17.7 Å². The third kappa shape index (κ3) is 2.29. The highest BCUT2D eigenvalue weighted by atomic mass is 16.6. The lowest BCUT2D eigenvalue weighted by Crippen LogP contribution is -2.42. The number of phenols is 1. The van der Waals surface area contributed by atoms with Gasteiger partial charge in [0.25, 0.3) is 0 Å². The van der Waals surface area contributed by atoms with E-state index in [2.05, 4.69) is 0 Å². The van der Waals surface area contributed by atoms with Crippen LogP contribution in [0, 0.1) is 5.92 Å². The maximum absolute atomic E-state index is 12.2. The highest BCUT2D eigenvalue weighted by Gasteiger charge is 2.55. The topological polar surface area (TPSA) is 96.2 Å². The Balaban J connectivity index is 1.79. The number of hydrogen-bond acceptors (Lipinski definition) is 6. The van der Waals surface area contributed by atoms with E-state index in [1.54, 1.807) is 6.08 Å². The molecule has 3 rings (SSSR count). The van der Waals surface area contributed by atoms with Crippen LogP contribution in [0.3, 0.4) is 0 Å². The quantitative estimate of drug-likeness (QED) is 0.557. The average Bonchev–Trinajstić information content (AvgIpc) is 3.07. The van der Waals surface area contributed by atoms with Gasteiger partial charge in [0.05, 0.1) is 18.8 Å². The molecule has 0 aromatic heterocycles. The molecule has 0 amide bonds. The van der Waals surface area contributed by atoms with Gasteiger partial charge in [-0.05, 0) is 42.3 Å². The highest BCUT2D eigenvalue weighted by Crippen LogP contribution is 2.46. The van der Waals surface area contributed by atoms with Gasteiger partial charge in [0, 0.05) is 12.5 Å². The Bertz CT molecular complexity index is 593. The fourth-order valence-corrected chi connectivity index (χ4v) is 3.28. The van der Waals surface area contributed by atoms with Crippen LogP contribution < -0.4 is 0 Å². The first-order valence-corrected chi connectivity index (χ1v) is 7.17. The number of carbonyl (C=O) groups is 1. The summed E-state index contributed by atoms with van der Waals surface area (Å²) in [4.78, 5) is 12.2. The van der Waals surface area contributed by atoms with Gasteiger partial charge in [-0.25, -0.2) is 4.79 Å². The Morgan fingerprint density at radius 1 is 1.32 bits per heavy atom. The van der Waals surface area contributed by atoms with Crippen molar-refractivity contribution in [2.75, 3.05) is 19.8 Å². The summed E-state index contributed by atoms with van der Waals surface area (Å²) in [5.74, 6) is -0.636. The molecule has 22 heavy (non-hydrogen) atoms. The lowest BCUT2D eigenvalue weighted by Gasteiger charge is -2.30. The molecule has 1 aliphatic carbocycles. The molecule has 3 N–H and O–H groups in total. The molecule has 1 aromatic rings. The Kier molecular flexibility index (Phi) is 3.90. The maximum atomic E-state index is 12.2. The minimum Gasteiger partial charge on any atom is -0.508 e. The number of rotatable bonds is 4. The summed E-state index contributed by atoms with van der Waals surface area (Å²) >= 11 is 0. The molecule has 118 valence electrons. The van der Waals surface area contributed by atoms with Gasteiger partial charge in [0.1, 0.15) is 17.5 Å². The zero-order valence-corrected chi connectivity index (χ0v) is 11.9. The van der Waals surface area contributed by atoms with Crippen molar-refractivity contribution in [3.05, 3.63) is 41.5 Å². The number of benzene rings is 1. The van der Waals surface area contributed by atoms with Crippen LogP contribution in [0.25, 0.3) is 0 Å². The van der Waals surface area contributed by atoms with Gasteiger partial charge in [-0.2, -0.15) is 0 Å². The van der Waals surface area contributed by atoms with Crippen molar-refractivity contribution in [1.82, 2.24) is 0 Å². The monoisotopic (exact) mass is 306 g/mol. The van der Waals surface area contributed by atoms with Gasteiger partial charge < -0.3 is 24.8 Å². The summed E-state index contributed by atoms with van der Waals surface area (Å²) < 4.78 is 11.2. The fourth-order valence-electron chi connectivity index (χ4n) is 3.28. The Hall–Kier alpha value is -1.89. The Labute approximate surface area is 127 Å². The molecular weight excluding hydrogens is 288 g/mol. The van der Waals surface area contributed by atoms with E-state index in [-0.39, 0.29) is 24.9 Å². The normalized spacial score (nSPS) is 30.0. The first-order chi connectivity index (χ1) is 10.6. The first kappa shape index (κ1) is 15.0. The second-order valence-electron chi connectivity index (χ2n) is 5.56. The minimum absolute atomic E-state index is 0.0726. The smallest absolute Gasteiger partial charge is 0.338 e. The second kappa shape index (κ2) is 5.72. The second-order valence-corrected chi connectivity index (χ2v) is 5.56.